The molecular weight excluding hydrogens is 252 g/mol. The molecule has 0 fully saturated rings. The highest BCUT2D eigenvalue weighted by Crippen LogP contribution is 2.23. The molecule has 5 heteroatoms. The van der Waals surface area contributed by atoms with Gasteiger partial charge in [-0.15, -0.1) is 0 Å². The number of esters is 1. The van der Waals surface area contributed by atoms with Gasteiger partial charge in [0.25, 0.3) is 0 Å². The van der Waals surface area contributed by atoms with Gasteiger partial charge >= 0.3 is 11.9 Å². The number of carbonyl (C=O) groups is 2. The molecule has 0 aliphatic heterocycles. The summed E-state index contributed by atoms with van der Waals surface area (Å²) in [5.41, 5.74) is 0.126. The predicted molar refractivity (Wildman–Crippen MR) is 52.4 cm³/mol. The second-order valence-electron chi connectivity index (χ2n) is 2.54. The molecule has 0 spiro atoms. The van der Waals surface area contributed by atoms with Crippen LogP contribution in [0.3, 0.4) is 0 Å². The van der Waals surface area contributed by atoms with Gasteiger partial charge in [-0.3, -0.25) is 4.79 Å². The van der Waals surface area contributed by atoms with Crippen LogP contribution in [-0.2, 0) is 4.79 Å². The quantitative estimate of drug-likeness (QED) is 0.652. The summed E-state index contributed by atoms with van der Waals surface area (Å²) in [6, 6.07) is 4.23. The van der Waals surface area contributed by atoms with Gasteiger partial charge in [0.05, 0.1) is 5.56 Å². The number of hydrogen-bond acceptors (Lipinski definition) is 3. The van der Waals surface area contributed by atoms with Crippen LogP contribution in [0.4, 0.5) is 0 Å². The van der Waals surface area contributed by atoms with Crippen molar-refractivity contribution in [1.82, 2.24) is 0 Å². The van der Waals surface area contributed by atoms with Crippen LogP contribution >= 0.6 is 15.9 Å². The van der Waals surface area contributed by atoms with Crippen molar-refractivity contribution in [2.75, 3.05) is 0 Å². The van der Waals surface area contributed by atoms with Gasteiger partial charge in [-0.1, -0.05) is 0 Å². The van der Waals surface area contributed by atoms with Crippen molar-refractivity contribution >= 4 is 27.9 Å². The lowest BCUT2D eigenvalue weighted by Crippen LogP contribution is -2.03. The number of aromatic carboxylic acids is 1. The normalized spacial score (nSPS) is 9.57. The molecule has 0 radical (unpaired) electrons. The first kappa shape index (κ1) is 10.7. The maximum absolute atomic E-state index is 10.6. The van der Waals surface area contributed by atoms with Crippen molar-refractivity contribution in [2.45, 2.75) is 6.92 Å². The molecule has 0 saturated carbocycles. The first-order valence-corrected chi connectivity index (χ1v) is 4.51. The van der Waals surface area contributed by atoms with Gasteiger partial charge in [0, 0.05) is 11.4 Å². The Labute approximate surface area is 88.6 Å². The highest BCUT2D eigenvalue weighted by Gasteiger charge is 2.09. The highest BCUT2D eigenvalue weighted by atomic mass is 79.9. The van der Waals surface area contributed by atoms with E-state index in [4.69, 9.17) is 9.84 Å². The van der Waals surface area contributed by atoms with E-state index < -0.39 is 11.9 Å². The molecule has 4 nitrogen and oxygen atoms in total. The molecule has 0 atom stereocenters. The molecule has 0 saturated heterocycles. The Hall–Kier alpha value is -1.36. The number of halogens is 1. The van der Waals surface area contributed by atoms with Gasteiger partial charge in [-0.25, -0.2) is 4.79 Å². The number of rotatable bonds is 2. The number of carbonyl (C=O) groups excluding carboxylic acids is 1. The van der Waals surface area contributed by atoms with E-state index in [2.05, 4.69) is 15.9 Å². The van der Waals surface area contributed by atoms with E-state index in [-0.39, 0.29) is 5.56 Å². The summed E-state index contributed by atoms with van der Waals surface area (Å²) in [6.45, 7) is 1.28. The molecular formula is C9H7BrO4. The topological polar surface area (TPSA) is 63.6 Å². The van der Waals surface area contributed by atoms with Crippen LogP contribution in [0, 0.1) is 0 Å². The SMILES string of the molecule is CC(=O)Oc1ccc(C(=O)O)c(Br)c1. The molecule has 0 amide bonds. The standard InChI is InChI=1S/C9H7BrO4/c1-5(11)14-6-2-3-7(9(12)13)8(10)4-6/h2-4H,1H3,(H,12,13). The smallest absolute Gasteiger partial charge is 0.336 e. The molecule has 0 heterocycles. The molecule has 0 bridgehead atoms. The fourth-order valence-corrected chi connectivity index (χ4v) is 1.43. The van der Waals surface area contributed by atoms with Gasteiger partial charge in [-0.2, -0.15) is 0 Å². The summed E-state index contributed by atoms with van der Waals surface area (Å²) in [4.78, 5) is 21.2. The molecule has 1 aromatic carbocycles. The fraction of sp³-hybridized carbons (Fsp3) is 0.111. The maximum atomic E-state index is 10.6. The maximum Gasteiger partial charge on any atom is 0.336 e. The number of carboxylic acids is 1. The molecule has 74 valence electrons. The van der Waals surface area contributed by atoms with Crippen LogP contribution in [-0.4, -0.2) is 17.0 Å². The third kappa shape index (κ3) is 2.56. The Morgan fingerprint density at radius 2 is 2.07 bits per heavy atom. The van der Waals surface area contributed by atoms with E-state index in [1.54, 1.807) is 0 Å². The van der Waals surface area contributed by atoms with E-state index in [1.165, 1.54) is 25.1 Å². The molecule has 0 unspecified atom stereocenters. The van der Waals surface area contributed by atoms with E-state index in [0.29, 0.717) is 10.2 Å². The summed E-state index contributed by atoms with van der Waals surface area (Å²) in [6.07, 6.45) is 0. The van der Waals surface area contributed by atoms with Gasteiger partial charge in [0.1, 0.15) is 5.75 Å². The van der Waals surface area contributed by atoms with E-state index in [9.17, 15) is 9.59 Å². The number of carboxylic acid groups (broad SMARTS) is 1. The molecule has 14 heavy (non-hydrogen) atoms. The molecule has 0 aliphatic carbocycles. The highest BCUT2D eigenvalue weighted by molar-refractivity contribution is 9.10. The van der Waals surface area contributed by atoms with E-state index in [0.717, 1.165) is 0 Å². The van der Waals surface area contributed by atoms with Crippen LogP contribution in [0.1, 0.15) is 17.3 Å². The Balaban J connectivity index is 3.00. The van der Waals surface area contributed by atoms with Crippen LogP contribution in [0.25, 0.3) is 0 Å². The van der Waals surface area contributed by atoms with Crippen molar-refractivity contribution in [3.05, 3.63) is 28.2 Å². The lowest BCUT2D eigenvalue weighted by Gasteiger charge is -2.03. The minimum absolute atomic E-state index is 0.126. The van der Waals surface area contributed by atoms with Gasteiger partial charge < -0.3 is 9.84 Å². The molecule has 0 aliphatic rings. The molecule has 1 aromatic rings. The van der Waals surface area contributed by atoms with Gasteiger partial charge in [0.2, 0.25) is 0 Å². The zero-order valence-corrected chi connectivity index (χ0v) is 8.87. The monoisotopic (exact) mass is 258 g/mol. The minimum atomic E-state index is -1.04. The van der Waals surface area contributed by atoms with Crippen LogP contribution in [0.2, 0.25) is 0 Å². The molecule has 1 N–H and O–H groups in total. The lowest BCUT2D eigenvalue weighted by atomic mass is 10.2. The first-order valence-electron chi connectivity index (χ1n) is 3.72. The Bertz CT molecular complexity index is 386. The minimum Gasteiger partial charge on any atom is -0.478 e. The summed E-state index contributed by atoms with van der Waals surface area (Å²) < 4.78 is 5.15. The third-order valence-electron chi connectivity index (χ3n) is 1.43. The second kappa shape index (κ2) is 4.23. The van der Waals surface area contributed by atoms with E-state index >= 15 is 0 Å². The average molecular weight is 259 g/mol. The average Bonchev–Trinajstić information content (AvgIpc) is 2.01. The number of benzene rings is 1. The first-order chi connectivity index (χ1) is 6.50. The van der Waals surface area contributed by atoms with Crippen LogP contribution in [0.5, 0.6) is 5.75 Å². The van der Waals surface area contributed by atoms with Crippen molar-refractivity contribution < 1.29 is 19.4 Å². The third-order valence-corrected chi connectivity index (χ3v) is 2.09. The summed E-state index contributed by atoms with van der Waals surface area (Å²) >= 11 is 3.07. The predicted octanol–water partition coefficient (Wildman–Crippen LogP) is 2.07. The second-order valence-corrected chi connectivity index (χ2v) is 3.39. The van der Waals surface area contributed by atoms with Gasteiger partial charge in [0.15, 0.2) is 0 Å². The Kier molecular flexibility index (Phi) is 3.24. The Morgan fingerprint density at radius 1 is 1.43 bits per heavy atom. The van der Waals surface area contributed by atoms with Crippen molar-refractivity contribution in [3.63, 3.8) is 0 Å². The molecule has 0 aromatic heterocycles. The van der Waals surface area contributed by atoms with Crippen LogP contribution in [0.15, 0.2) is 22.7 Å². The van der Waals surface area contributed by atoms with Crippen molar-refractivity contribution in [2.24, 2.45) is 0 Å². The van der Waals surface area contributed by atoms with Gasteiger partial charge in [-0.05, 0) is 34.1 Å². The van der Waals surface area contributed by atoms with Crippen molar-refractivity contribution in [3.8, 4) is 5.75 Å². The summed E-state index contributed by atoms with van der Waals surface area (Å²) in [5, 5.41) is 8.70. The number of hydrogen-bond donors (Lipinski definition) is 1. The van der Waals surface area contributed by atoms with E-state index in [1.807, 2.05) is 0 Å². The zero-order valence-electron chi connectivity index (χ0n) is 7.28. The zero-order chi connectivity index (χ0) is 10.7. The summed E-state index contributed by atoms with van der Waals surface area (Å²) in [5.74, 6) is -1.17. The number of ether oxygens (including phenoxy) is 1. The summed E-state index contributed by atoms with van der Waals surface area (Å²) in [7, 11) is 0. The fourth-order valence-electron chi connectivity index (χ4n) is 0.899. The Morgan fingerprint density at radius 3 is 2.50 bits per heavy atom. The lowest BCUT2D eigenvalue weighted by molar-refractivity contribution is -0.131. The van der Waals surface area contributed by atoms with Crippen LogP contribution < -0.4 is 4.74 Å². The largest absolute Gasteiger partial charge is 0.478 e. The van der Waals surface area contributed by atoms with Crippen molar-refractivity contribution in [1.29, 1.82) is 0 Å². The molecule has 1 rings (SSSR count).